The van der Waals surface area contributed by atoms with Gasteiger partial charge in [-0.25, -0.2) is 4.79 Å². The van der Waals surface area contributed by atoms with Gasteiger partial charge in [0.05, 0.1) is 21.7 Å². The van der Waals surface area contributed by atoms with E-state index in [4.69, 9.17) is 4.74 Å². The third-order valence-electron chi connectivity index (χ3n) is 6.79. The lowest BCUT2D eigenvalue weighted by molar-refractivity contribution is -0.205. The van der Waals surface area contributed by atoms with Crippen LogP contribution in [0.2, 0.25) is 0 Å². The molecule has 1 aliphatic carbocycles. The van der Waals surface area contributed by atoms with Gasteiger partial charge < -0.3 is 9.84 Å². The number of hydrogen-bond acceptors (Lipinski definition) is 5. The van der Waals surface area contributed by atoms with Gasteiger partial charge in [0.25, 0.3) is 0 Å². The van der Waals surface area contributed by atoms with Gasteiger partial charge in [0, 0.05) is 5.56 Å². The topological polar surface area (TPSA) is 88.5 Å². The van der Waals surface area contributed by atoms with Crippen molar-refractivity contribution in [1.82, 2.24) is 4.37 Å². The van der Waals surface area contributed by atoms with Crippen molar-refractivity contribution in [2.24, 2.45) is 0 Å². The number of ether oxygens (including phenoxy) is 1. The van der Waals surface area contributed by atoms with Crippen LogP contribution in [0.1, 0.15) is 35.8 Å². The highest BCUT2D eigenvalue weighted by Crippen LogP contribution is 2.48. The Morgan fingerprint density at radius 3 is 2.05 bits per heavy atom. The van der Waals surface area contributed by atoms with Crippen molar-refractivity contribution >= 4 is 29.3 Å². The average molecular weight is 553 g/mol. The standard InChI is InChI=1S/C29H23F3N2O4S/c1-17-23(33-27(37)38-25(29(30,31)32)21-5-3-2-4-6-21)24(39-34-17)20-9-7-18(8-10-20)19-11-13-22(14-12-19)28(15-16-28)26(35)36/h2-14,25H,15-16H2,1H3,(H,33,37)(H,35,36)/t25-/m1/s1. The van der Waals surface area contributed by atoms with Crippen molar-refractivity contribution in [1.29, 1.82) is 0 Å². The van der Waals surface area contributed by atoms with Crippen LogP contribution in [0.4, 0.5) is 23.7 Å². The summed E-state index contributed by atoms with van der Waals surface area (Å²) in [6, 6.07) is 21.8. The van der Waals surface area contributed by atoms with Crippen LogP contribution >= 0.6 is 11.5 Å². The first kappa shape index (κ1) is 26.4. The van der Waals surface area contributed by atoms with Gasteiger partial charge in [-0.2, -0.15) is 17.5 Å². The van der Waals surface area contributed by atoms with E-state index in [1.165, 1.54) is 24.3 Å². The first-order valence-electron chi connectivity index (χ1n) is 12.1. The number of hydrogen-bond donors (Lipinski definition) is 2. The molecule has 0 radical (unpaired) electrons. The van der Waals surface area contributed by atoms with Crippen molar-refractivity contribution in [3.63, 3.8) is 0 Å². The first-order valence-corrected chi connectivity index (χ1v) is 12.9. The molecule has 1 saturated carbocycles. The minimum atomic E-state index is -4.79. The Bertz CT molecular complexity index is 1500. The van der Waals surface area contributed by atoms with Crippen molar-refractivity contribution in [2.45, 2.75) is 37.5 Å². The quantitative estimate of drug-likeness (QED) is 0.245. The van der Waals surface area contributed by atoms with Crippen molar-refractivity contribution in [3.8, 4) is 21.6 Å². The Hall–Kier alpha value is -4.18. The molecule has 1 aromatic heterocycles. The maximum atomic E-state index is 13.6. The number of nitrogens with one attached hydrogen (secondary N) is 1. The van der Waals surface area contributed by atoms with Gasteiger partial charge in [-0.05, 0) is 53.6 Å². The predicted molar refractivity (Wildman–Crippen MR) is 142 cm³/mol. The third kappa shape index (κ3) is 5.37. The Morgan fingerprint density at radius 1 is 0.949 bits per heavy atom. The number of alkyl halides is 3. The Balaban J connectivity index is 1.33. The van der Waals surface area contributed by atoms with E-state index in [0.717, 1.165) is 33.8 Å². The maximum absolute atomic E-state index is 13.6. The highest BCUT2D eigenvalue weighted by molar-refractivity contribution is 7.10. The molecule has 4 aromatic rings. The van der Waals surface area contributed by atoms with Gasteiger partial charge >= 0.3 is 18.2 Å². The summed E-state index contributed by atoms with van der Waals surface area (Å²) in [4.78, 5) is 24.7. The monoisotopic (exact) mass is 552 g/mol. The molecular formula is C29H23F3N2O4S. The van der Waals surface area contributed by atoms with E-state index in [-0.39, 0.29) is 11.3 Å². The minimum absolute atomic E-state index is 0.181. The van der Waals surface area contributed by atoms with E-state index in [1.807, 2.05) is 48.5 Å². The van der Waals surface area contributed by atoms with Crippen LogP contribution in [0.5, 0.6) is 0 Å². The molecule has 1 amide bonds. The second-order valence-corrected chi connectivity index (χ2v) is 10.2. The minimum Gasteiger partial charge on any atom is -0.481 e. The van der Waals surface area contributed by atoms with Gasteiger partial charge in [0.15, 0.2) is 0 Å². The molecule has 2 N–H and O–H groups in total. The fraction of sp³-hybridized carbons (Fsp3) is 0.207. The molecule has 1 aliphatic rings. The first-order chi connectivity index (χ1) is 18.6. The number of benzene rings is 3. The second-order valence-electron chi connectivity index (χ2n) is 9.38. The average Bonchev–Trinajstić information content (AvgIpc) is 3.67. The van der Waals surface area contributed by atoms with Gasteiger partial charge in [-0.1, -0.05) is 78.9 Å². The van der Waals surface area contributed by atoms with Crippen LogP contribution in [0.3, 0.4) is 0 Å². The largest absolute Gasteiger partial charge is 0.481 e. The van der Waals surface area contributed by atoms with E-state index in [9.17, 15) is 27.9 Å². The highest BCUT2D eigenvalue weighted by Gasteiger charge is 2.51. The van der Waals surface area contributed by atoms with Crippen LogP contribution in [0.25, 0.3) is 21.6 Å². The number of anilines is 1. The number of carboxylic acids is 1. The summed E-state index contributed by atoms with van der Waals surface area (Å²) in [7, 11) is 0. The molecule has 0 bridgehead atoms. The number of aryl methyl sites for hydroxylation is 1. The van der Waals surface area contributed by atoms with E-state index < -0.39 is 29.8 Å². The van der Waals surface area contributed by atoms with Gasteiger partial charge in [0.2, 0.25) is 6.10 Å². The van der Waals surface area contributed by atoms with Crippen LogP contribution in [0, 0.1) is 6.92 Å². The van der Waals surface area contributed by atoms with Gasteiger partial charge in [-0.3, -0.25) is 10.1 Å². The second kappa shape index (κ2) is 10.2. The number of carbonyl (C=O) groups excluding carboxylic acids is 1. The molecule has 5 rings (SSSR count). The molecule has 1 fully saturated rings. The molecule has 0 aliphatic heterocycles. The number of rotatable bonds is 7. The predicted octanol–water partition coefficient (Wildman–Crippen LogP) is 7.75. The zero-order chi connectivity index (χ0) is 27.8. The van der Waals surface area contributed by atoms with Crippen molar-refractivity contribution in [2.75, 3.05) is 5.32 Å². The van der Waals surface area contributed by atoms with E-state index >= 15 is 0 Å². The maximum Gasteiger partial charge on any atom is 0.429 e. The fourth-order valence-corrected chi connectivity index (χ4v) is 5.30. The molecule has 0 unspecified atom stereocenters. The zero-order valence-corrected chi connectivity index (χ0v) is 21.5. The summed E-state index contributed by atoms with van der Waals surface area (Å²) in [5.74, 6) is -0.804. The number of aromatic nitrogens is 1. The number of carboxylic acid groups (broad SMARTS) is 1. The number of nitrogens with zero attached hydrogens (tertiary/aromatic N) is 1. The SMILES string of the molecule is Cc1nsc(-c2ccc(-c3ccc(C4(C(=O)O)CC4)cc3)cc2)c1NC(=O)O[C@H](c1ccccc1)C(F)(F)F. The lowest BCUT2D eigenvalue weighted by Gasteiger charge is -2.21. The number of amides is 1. The molecule has 6 nitrogen and oxygen atoms in total. The molecule has 10 heteroatoms. The highest BCUT2D eigenvalue weighted by atomic mass is 32.1. The van der Waals surface area contributed by atoms with Crippen molar-refractivity contribution in [3.05, 3.63) is 95.7 Å². The normalized spacial score (nSPS) is 14.9. The number of aliphatic carboxylic acids is 1. The summed E-state index contributed by atoms with van der Waals surface area (Å²) in [6.45, 7) is 1.65. The van der Waals surface area contributed by atoms with Crippen LogP contribution in [-0.2, 0) is 14.9 Å². The summed E-state index contributed by atoms with van der Waals surface area (Å²) < 4.78 is 50.0. The third-order valence-corrected chi connectivity index (χ3v) is 7.78. The molecule has 0 saturated heterocycles. The lowest BCUT2D eigenvalue weighted by Crippen LogP contribution is -2.28. The summed E-state index contributed by atoms with van der Waals surface area (Å²) >= 11 is 1.11. The smallest absolute Gasteiger partial charge is 0.429 e. The summed E-state index contributed by atoms with van der Waals surface area (Å²) in [5.41, 5.74) is 3.09. The molecular weight excluding hydrogens is 529 g/mol. The van der Waals surface area contributed by atoms with Crippen LogP contribution in [-0.4, -0.2) is 27.7 Å². The Labute approximate surface area is 226 Å². The zero-order valence-electron chi connectivity index (χ0n) is 20.7. The van der Waals surface area contributed by atoms with Gasteiger partial charge in [-0.15, -0.1) is 0 Å². The van der Waals surface area contributed by atoms with E-state index in [2.05, 4.69) is 9.69 Å². The Kier molecular flexibility index (Phi) is 6.90. The summed E-state index contributed by atoms with van der Waals surface area (Å²) in [5, 5.41) is 12.0. The summed E-state index contributed by atoms with van der Waals surface area (Å²) in [6.07, 6.45) is -7.16. The Morgan fingerprint density at radius 2 is 1.51 bits per heavy atom. The van der Waals surface area contributed by atoms with Crippen molar-refractivity contribution < 1.29 is 32.6 Å². The molecule has 0 spiro atoms. The molecule has 1 atom stereocenters. The van der Waals surface area contributed by atoms with Gasteiger partial charge in [0.1, 0.15) is 0 Å². The van der Waals surface area contributed by atoms with Crippen LogP contribution < -0.4 is 5.32 Å². The molecule has 1 heterocycles. The van der Waals surface area contributed by atoms with Crippen LogP contribution in [0.15, 0.2) is 78.9 Å². The molecule has 200 valence electrons. The fourth-order valence-electron chi connectivity index (χ4n) is 4.45. The molecule has 39 heavy (non-hydrogen) atoms. The van der Waals surface area contributed by atoms with E-state index in [1.54, 1.807) is 13.0 Å². The number of carbonyl (C=O) groups is 2. The number of halogens is 3. The lowest BCUT2D eigenvalue weighted by atomic mass is 9.93. The van der Waals surface area contributed by atoms with E-state index in [0.29, 0.717) is 23.4 Å². The molecule has 3 aromatic carbocycles.